The summed E-state index contributed by atoms with van der Waals surface area (Å²) < 4.78 is 29.4. The Morgan fingerprint density at radius 3 is 2.67 bits per heavy atom. The van der Waals surface area contributed by atoms with Crippen LogP contribution in [-0.2, 0) is 16.4 Å². The van der Waals surface area contributed by atoms with Crippen LogP contribution in [0.4, 0.5) is 5.82 Å². The maximum absolute atomic E-state index is 12.3. The summed E-state index contributed by atoms with van der Waals surface area (Å²) in [6, 6.07) is 5.30. The van der Waals surface area contributed by atoms with E-state index in [0.29, 0.717) is 28.2 Å². The molecule has 0 aromatic carbocycles. The smallest absolute Gasteiger partial charge is 0.250 e. The van der Waals surface area contributed by atoms with Gasteiger partial charge in [-0.3, -0.25) is 4.57 Å². The number of hydrogen-bond donors (Lipinski definition) is 2. The van der Waals surface area contributed by atoms with Gasteiger partial charge in [-0.05, 0) is 32.4 Å². The van der Waals surface area contributed by atoms with Crippen LogP contribution in [0.25, 0.3) is 5.82 Å². The van der Waals surface area contributed by atoms with Crippen molar-refractivity contribution in [1.82, 2.24) is 24.2 Å². The minimum absolute atomic E-state index is 0.254. The molecule has 144 valence electrons. The molecule has 3 rings (SSSR count). The average Bonchev–Trinajstić information content (AvgIpc) is 3.27. The molecule has 0 atom stereocenters. The lowest BCUT2D eigenvalue weighted by Crippen LogP contribution is -2.28. The van der Waals surface area contributed by atoms with Gasteiger partial charge in [-0.2, -0.15) is 0 Å². The molecule has 0 bridgehead atoms. The van der Waals surface area contributed by atoms with E-state index >= 15 is 0 Å². The Labute approximate surface area is 162 Å². The van der Waals surface area contributed by atoms with Gasteiger partial charge < -0.3 is 5.32 Å². The van der Waals surface area contributed by atoms with E-state index in [9.17, 15) is 8.42 Å². The molecule has 0 aliphatic rings. The Hall–Kier alpha value is -2.30. The SMILES string of the molecule is CCc1ccc(S(=O)(=O)NCCNc2cc(-n3ccnc3C)nc(C)n2)s1. The minimum atomic E-state index is -3.48. The summed E-state index contributed by atoms with van der Waals surface area (Å²) in [7, 11) is -3.48. The van der Waals surface area contributed by atoms with Crippen molar-refractivity contribution in [3.05, 3.63) is 47.1 Å². The fraction of sp³-hybridized carbons (Fsp3) is 0.353. The van der Waals surface area contributed by atoms with E-state index in [0.717, 1.165) is 17.1 Å². The third-order valence-corrected chi connectivity index (χ3v) is 7.05. The molecule has 0 fully saturated rings. The van der Waals surface area contributed by atoms with E-state index in [1.54, 1.807) is 12.3 Å². The molecule has 3 aromatic heterocycles. The molecule has 0 aliphatic heterocycles. The van der Waals surface area contributed by atoms with Crippen LogP contribution in [0.15, 0.2) is 34.8 Å². The topological polar surface area (TPSA) is 102 Å². The van der Waals surface area contributed by atoms with Gasteiger partial charge in [0.15, 0.2) is 0 Å². The average molecular weight is 407 g/mol. The first-order chi connectivity index (χ1) is 12.9. The zero-order valence-corrected chi connectivity index (χ0v) is 17.1. The summed E-state index contributed by atoms with van der Waals surface area (Å²) in [5, 5.41) is 3.14. The summed E-state index contributed by atoms with van der Waals surface area (Å²) in [5.41, 5.74) is 0. The molecule has 0 aliphatic carbocycles. The van der Waals surface area contributed by atoms with E-state index in [-0.39, 0.29) is 6.54 Å². The lowest BCUT2D eigenvalue weighted by molar-refractivity contribution is 0.585. The Bertz CT molecular complexity index is 1030. The number of imidazole rings is 1. The quantitative estimate of drug-likeness (QED) is 0.557. The Balaban J connectivity index is 1.61. The first-order valence-corrected chi connectivity index (χ1v) is 10.9. The third-order valence-electron chi connectivity index (χ3n) is 3.87. The molecule has 0 radical (unpaired) electrons. The van der Waals surface area contributed by atoms with Gasteiger partial charge in [0.25, 0.3) is 0 Å². The first-order valence-electron chi connectivity index (χ1n) is 8.57. The number of rotatable bonds is 8. The summed E-state index contributed by atoms with van der Waals surface area (Å²) in [4.78, 5) is 14.0. The zero-order valence-electron chi connectivity index (χ0n) is 15.4. The second kappa shape index (κ2) is 8.15. The predicted molar refractivity (Wildman–Crippen MR) is 106 cm³/mol. The fourth-order valence-electron chi connectivity index (χ4n) is 2.53. The number of hydrogen-bond acceptors (Lipinski definition) is 7. The zero-order chi connectivity index (χ0) is 19.4. The van der Waals surface area contributed by atoms with Crippen molar-refractivity contribution in [3.8, 4) is 5.82 Å². The molecular formula is C17H22N6O2S2. The maximum Gasteiger partial charge on any atom is 0.250 e. The normalized spacial score (nSPS) is 11.7. The van der Waals surface area contributed by atoms with Crippen LogP contribution >= 0.6 is 11.3 Å². The van der Waals surface area contributed by atoms with Crippen LogP contribution in [0.5, 0.6) is 0 Å². The lowest BCUT2D eigenvalue weighted by Gasteiger charge is -2.10. The van der Waals surface area contributed by atoms with Crippen LogP contribution in [0.3, 0.4) is 0 Å². The van der Waals surface area contributed by atoms with Gasteiger partial charge in [-0.25, -0.2) is 28.1 Å². The van der Waals surface area contributed by atoms with Crippen LogP contribution in [0, 0.1) is 13.8 Å². The number of sulfonamides is 1. The standard InChI is InChI=1S/C17H22N6O2S2/c1-4-14-5-6-17(26-14)27(24,25)20-8-7-19-15-11-16(22-12(2)21-15)23-10-9-18-13(23)3/h5-6,9-11,20H,4,7-8H2,1-3H3,(H,19,21,22). The molecule has 27 heavy (non-hydrogen) atoms. The van der Waals surface area contributed by atoms with Crippen LogP contribution < -0.4 is 10.0 Å². The molecule has 0 spiro atoms. The van der Waals surface area contributed by atoms with Crippen molar-refractivity contribution >= 4 is 27.2 Å². The molecule has 0 amide bonds. The highest BCUT2D eigenvalue weighted by Crippen LogP contribution is 2.21. The van der Waals surface area contributed by atoms with Gasteiger partial charge in [0.2, 0.25) is 10.0 Å². The van der Waals surface area contributed by atoms with Gasteiger partial charge in [-0.1, -0.05) is 6.92 Å². The summed E-state index contributed by atoms with van der Waals surface area (Å²) >= 11 is 1.30. The van der Waals surface area contributed by atoms with E-state index in [4.69, 9.17) is 0 Å². The van der Waals surface area contributed by atoms with E-state index in [1.807, 2.05) is 43.7 Å². The molecule has 0 saturated carbocycles. The number of anilines is 1. The van der Waals surface area contributed by atoms with Crippen LogP contribution in [0.2, 0.25) is 0 Å². The predicted octanol–water partition coefficient (Wildman–Crippen LogP) is 2.29. The van der Waals surface area contributed by atoms with Gasteiger partial charge in [0.05, 0.1) is 0 Å². The Morgan fingerprint density at radius 1 is 1.19 bits per heavy atom. The number of thiophene rings is 1. The van der Waals surface area contributed by atoms with E-state index in [2.05, 4.69) is 25.0 Å². The maximum atomic E-state index is 12.3. The fourth-order valence-corrected chi connectivity index (χ4v) is 4.90. The highest BCUT2D eigenvalue weighted by atomic mass is 32.2. The Kier molecular flexibility index (Phi) is 5.88. The third kappa shape index (κ3) is 4.71. The molecule has 0 saturated heterocycles. The molecule has 2 N–H and O–H groups in total. The van der Waals surface area contributed by atoms with Gasteiger partial charge in [0, 0.05) is 36.4 Å². The molecule has 10 heteroatoms. The van der Waals surface area contributed by atoms with Crippen molar-refractivity contribution in [1.29, 1.82) is 0 Å². The molecule has 3 heterocycles. The summed E-state index contributed by atoms with van der Waals surface area (Å²) in [6.45, 7) is 6.37. The number of aromatic nitrogens is 4. The molecule has 0 unspecified atom stereocenters. The summed E-state index contributed by atoms with van der Waals surface area (Å²) in [5.74, 6) is 2.80. The highest BCUT2D eigenvalue weighted by Gasteiger charge is 2.15. The molecule has 3 aromatic rings. The van der Waals surface area contributed by atoms with E-state index < -0.39 is 10.0 Å². The second-order valence-corrected chi connectivity index (χ2v) is 9.06. The number of nitrogens with zero attached hydrogens (tertiary/aromatic N) is 4. The minimum Gasteiger partial charge on any atom is -0.369 e. The monoisotopic (exact) mass is 406 g/mol. The second-order valence-electron chi connectivity index (χ2n) is 5.90. The van der Waals surface area contributed by atoms with E-state index in [1.165, 1.54) is 11.3 Å². The van der Waals surface area contributed by atoms with Crippen molar-refractivity contribution in [3.63, 3.8) is 0 Å². The first kappa shape index (κ1) is 19.5. The highest BCUT2D eigenvalue weighted by molar-refractivity contribution is 7.91. The van der Waals surface area contributed by atoms with Gasteiger partial charge in [-0.15, -0.1) is 11.3 Å². The van der Waals surface area contributed by atoms with Crippen LogP contribution in [0.1, 0.15) is 23.4 Å². The van der Waals surface area contributed by atoms with Crippen LogP contribution in [-0.4, -0.2) is 41.0 Å². The molecule has 8 nitrogen and oxygen atoms in total. The largest absolute Gasteiger partial charge is 0.369 e. The van der Waals surface area contributed by atoms with Gasteiger partial charge >= 0.3 is 0 Å². The van der Waals surface area contributed by atoms with Crippen molar-refractivity contribution in [2.24, 2.45) is 0 Å². The lowest BCUT2D eigenvalue weighted by atomic mass is 10.4. The van der Waals surface area contributed by atoms with Crippen molar-refractivity contribution in [2.75, 3.05) is 18.4 Å². The molecular weight excluding hydrogens is 384 g/mol. The van der Waals surface area contributed by atoms with Crippen molar-refractivity contribution in [2.45, 2.75) is 31.4 Å². The number of nitrogens with one attached hydrogen (secondary N) is 2. The summed E-state index contributed by atoms with van der Waals surface area (Å²) in [6.07, 6.45) is 4.37. The van der Waals surface area contributed by atoms with Gasteiger partial charge in [0.1, 0.15) is 27.5 Å². The van der Waals surface area contributed by atoms with Crippen molar-refractivity contribution < 1.29 is 8.42 Å². The number of aryl methyl sites for hydroxylation is 3. The Morgan fingerprint density at radius 2 is 2.00 bits per heavy atom.